The Morgan fingerprint density at radius 2 is 1.88 bits per heavy atom. The molecule has 2 aromatic rings. The first-order valence-electron chi connectivity index (χ1n) is 7.78. The molecule has 1 heterocycles. The fourth-order valence-corrected chi connectivity index (χ4v) is 4.59. The van der Waals surface area contributed by atoms with Gasteiger partial charge >= 0.3 is 5.97 Å². The minimum atomic E-state index is -3.93. The van der Waals surface area contributed by atoms with Crippen molar-refractivity contribution in [1.29, 1.82) is 0 Å². The predicted octanol–water partition coefficient (Wildman–Crippen LogP) is 0.686. The Morgan fingerprint density at radius 1 is 1.23 bits per heavy atom. The van der Waals surface area contributed by atoms with Crippen molar-refractivity contribution >= 4 is 21.7 Å². The molecule has 2 unspecified atom stereocenters. The van der Waals surface area contributed by atoms with E-state index < -0.39 is 33.3 Å². The van der Waals surface area contributed by atoms with Gasteiger partial charge in [0.05, 0.1) is 18.0 Å². The molecule has 138 valence electrons. The largest absolute Gasteiger partial charge is 0.595 e. The average molecular weight is 378 g/mol. The Hall–Kier alpha value is -2.30. The molecule has 0 saturated carbocycles. The van der Waals surface area contributed by atoms with Crippen LogP contribution in [0.25, 0.3) is 0 Å². The summed E-state index contributed by atoms with van der Waals surface area (Å²) in [6.45, 7) is 1.84. The monoisotopic (exact) mass is 378 g/mol. The summed E-state index contributed by atoms with van der Waals surface area (Å²) >= 11 is 0. The fraction of sp³-hybridized carbons (Fsp3) is 0.235. The molecule has 0 bridgehead atoms. The van der Waals surface area contributed by atoms with Crippen molar-refractivity contribution in [2.45, 2.75) is 23.9 Å². The van der Waals surface area contributed by atoms with Crippen molar-refractivity contribution in [3.8, 4) is 0 Å². The molecule has 0 aromatic heterocycles. The van der Waals surface area contributed by atoms with E-state index in [0.29, 0.717) is 5.56 Å². The van der Waals surface area contributed by atoms with E-state index in [9.17, 15) is 18.4 Å². The standard InChI is InChI=1S/C17H18N2O6S/c1-11-6-8-14(9-7-11)26(23,24)18-15(16(18)17(20)25-2)12-4-3-5-13(10-12)19(21)22/h3-10,15-16,19,21H,1-2H3/t15-,16+,18?/m0/s1. The van der Waals surface area contributed by atoms with Crippen molar-refractivity contribution in [3.05, 3.63) is 64.9 Å². The first kappa shape index (κ1) is 18.5. The fourth-order valence-electron chi connectivity index (χ4n) is 2.88. The van der Waals surface area contributed by atoms with Gasteiger partial charge in [-0.25, -0.2) is 13.6 Å². The molecule has 9 heteroatoms. The minimum absolute atomic E-state index is 0.0192. The zero-order valence-corrected chi connectivity index (χ0v) is 14.9. The van der Waals surface area contributed by atoms with Gasteiger partial charge in [0.2, 0.25) is 10.0 Å². The number of hydrogen-bond donors (Lipinski definition) is 2. The first-order valence-corrected chi connectivity index (χ1v) is 9.22. The van der Waals surface area contributed by atoms with Crippen molar-refractivity contribution in [3.63, 3.8) is 0 Å². The van der Waals surface area contributed by atoms with E-state index in [0.717, 1.165) is 9.87 Å². The van der Waals surface area contributed by atoms with E-state index in [-0.39, 0.29) is 10.6 Å². The molecule has 2 aromatic carbocycles. The van der Waals surface area contributed by atoms with Crippen LogP contribution in [0, 0.1) is 12.1 Å². The highest BCUT2D eigenvalue weighted by Crippen LogP contribution is 2.48. The van der Waals surface area contributed by atoms with Gasteiger partial charge in [0.15, 0.2) is 5.69 Å². The number of sulfonamides is 1. The van der Waals surface area contributed by atoms with Gasteiger partial charge in [-0.05, 0) is 24.6 Å². The smallest absolute Gasteiger partial charge is 0.326 e. The maximum Gasteiger partial charge on any atom is 0.326 e. The van der Waals surface area contributed by atoms with Crippen molar-refractivity contribution in [2.24, 2.45) is 0 Å². The van der Waals surface area contributed by atoms with Gasteiger partial charge in [-0.15, -0.1) is 0 Å². The van der Waals surface area contributed by atoms with Gasteiger partial charge < -0.3 is 9.94 Å². The third-order valence-electron chi connectivity index (χ3n) is 4.27. The maximum absolute atomic E-state index is 12.9. The predicted molar refractivity (Wildman–Crippen MR) is 91.0 cm³/mol. The number of carbonyl (C=O) groups is 1. The van der Waals surface area contributed by atoms with E-state index in [1.54, 1.807) is 18.2 Å². The number of hydrogen-bond acceptors (Lipinski definition) is 6. The Kier molecular flexibility index (Phi) is 4.82. The van der Waals surface area contributed by atoms with Crippen LogP contribution in [0.1, 0.15) is 17.2 Å². The molecule has 3 rings (SSSR count). The minimum Gasteiger partial charge on any atom is -0.595 e. The Labute approximate surface area is 150 Å². The van der Waals surface area contributed by atoms with Crippen LogP contribution < -0.4 is 5.23 Å². The molecule has 0 amide bonds. The topological polar surface area (TPSA) is 111 Å². The van der Waals surface area contributed by atoms with Gasteiger partial charge in [0.25, 0.3) is 0 Å². The van der Waals surface area contributed by atoms with Gasteiger partial charge in [0.1, 0.15) is 6.04 Å². The number of benzene rings is 2. The highest BCUT2D eigenvalue weighted by Gasteiger charge is 2.61. The second kappa shape index (κ2) is 6.78. The molecular formula is C17H18N2O6S. The third kappa shape index (κ3) is 3.22. The molecular weight excluding hydrogens is 360 g/mol. The third-order valence-corrected chi connectivity index (χ3v) is 6.15. The molecule has 0 aliphatic carbocycles. The van der Waals surface area contributed by atoms with E-state index in [2.05, 4.69) is 0 Å². The SMILES string of the molecule is COC(=O)[C@H]1[C@H](c2cccc([NH+]([O-])O)c2)N1S(=O)(=O)c1ccc(C)cc1. The average Bonchev–Trinajstić information content (AvgIpc) is 3.38. The highest BCUT2D eigenvalue weighted by atomic mass is 32.2. The van der Waals surface area contributed by atoms with Crippen LogP contribution in [-0.4, -0.2) is 37.1 Å². The lowest BCUT2D eigenvalue weighted by Gasteiger charge is -2.12. The quantitative estimate of drug-likeness (QED) is 0.450. The van der Waals surface area contributed by atoms with Crippen LogP contribution in [0.5, 0.6) is 0 Å². The summed E-state index contributed by atoms with van der Waals surface area (Å²) < 4.78 is 31.7. The molecule has 0 spiro atoms. The number of quaternary nitrogens is 1. The Balaban J connectivity index is 2.01. The van der Waals surface area contributed by atoms with E-state index in [1.165, 1.54) is 37.4 Å². The van der Waals surface area contributed by atoms with Crippen LogP contribution >= 0.6 is 0 Å². The van der Waals surface area contributed by atoms with Crippen molar-refractivity contribution in [2.75, 3.05) is 7.11 Å². The molecule has 1 aliphatic rings. The van der Waals surface area contributed by atoms with Gasteiger partial charge in [0, 0.05) is 12.1 Å². The summed E-state index contributed by atoms with van der Waals surface area (Å²) in [5, 5.41) is 19.2. The summed E-state index contributed by atoms with van der Waals surface area (Å²) in [6, 6.07) is 10.4. The number of carbonyl (C=O) groups excluding carboxylic acids is 1. The van der Waals surface area contributed by atoms with E-state index >= 15 is 0 Å². The number of nitrogens with zero attached hydrogens (tertiary/aromatic N) is 1. The molecule has 8 nitrogen and oxygen atoms in total. The molecule has 1 aliphatic heterocycles. The summed E-state index contributed by atoms with van der Waals surface area (Å²) in [4.78, 5) is 12.1. The number of methoxy groups -OCH3 is 1. The molecule has 1 saturated heterocycles. The van der Waals surface area contributed by atoms with Crippen LogP contribution in [0.15, 0.2) is 53.4 Å². The number of aryl methyl sites for hydroxylation is 1. The number of nitrogens with one attached hydrogen (secondary N) is 1. The number of rotatable bonds is 5. The van der Waals surface area contributed by atoms with Crippen LogP contribution in [0.3, 0.4) is 0 Å². The number of esters is 1. The van der Waals surface area contributed by atoms with Crippen LogP contribution in [0.4, 0.5) is 5.69 Å². The Morgan fingerprint density at radius 3 is 2.46 bits per heavy atom. The zero-order chi connectivity index (χ0) is 19.1. The van der Waals surface area contributed by atoms with Crippen molar-refractivity contribution < 1.29 is 28.4 Å². The highest BCUT2D eigenvalue weighted by molar-refractivity contribution is 7.89. The van der Waals surface area contributed by atoms with Crippen molar-refractivity contribution in [1.82, 2.24) is 4.31 Å². The molecule has 1 fully saturated rings. The van der Waals surface area contributed by atoms with E-state index in [1.807, 2.05) is 6.92 Å². The summed E-state index contributed by atoms with van der Waals surface area (Å²) in [6.07, 6.45) is 0. The molecule has 4 atom stereocenters. The second-order valence-electron chi connectivity index (χ2n) is 5.99. The Bertz CT molecular complexity index is 927. The normalized spacial score (nSPS) is 23.3. The van der Waals surface area contributed by atoms with Gasteiger partial charge in [-0.2, -0.15) is 9.53 Å². The number of ether oxygens (including phenoxy) is 1. The van der Waals surface area contributed by atoms with Crippen LogP contribution in [0.2, 0.25) is 0 Å². The lowest BCUT2D eigenvalue weighted by molar-refractivity contribution is -0.991. The molecule has 26 heavy (non-hydrogen) atoms. The van der Waals surface area contributed by atoms with Gasteiger partial charge in [-0.1, -0.05) is 29.8 Å². The summed E-state index contributed by atoms with van der Waals surface area (Å²) in [7, 11) is -2.75. The maximum atomic E-state index is 12.9. The lowest BCUT2D eigenvalue weighted by atomic mass is 10.1. The zero-order valence-electron chi connectivity index (χ0n) is 14.1. The summed E-state index contributed by atoms with van der Waals surface area (Å²) in [5.41, 5.74) is 1.35. The lowest BCUT2D eigenvalue weighted by Crippen LogP contribution is -2.99. The molecule has 2 N–H and O–H groups in total. The summed E-state index contributed by atoms with van der Waals surface area (Å²) in [5.74, 6) is -0.689. The van der Waals surface area contributed by atoms with Crippen LogP contribution in [-0.2, 0) is 19.6 Å². The first-order chi connectivity index (χ1) is 12.3. The molecule has 0 radical (unpaired) electrons. The van der Waals surface area contributed by atoms with E-state index in [4.69, 9.17) is 9.94 Å². The second-order valence-corrected chi connectivity index (χ2v) is 7.83. The van der Waals surface area contributed by atoms with Gasteiger partial charge in [-0.3, -0.25) is 4.79 Å².